The first-order valence-corrected chi connectivity index (χ1v) is 7.97. The Kier molecular flexibility index (Phi) is 4.63. The Morgan fingerprint density at radius 3 is 2.52 bits per heavy atom. The Labute approximate surface area is 136 Å². The fraction of sp³-hybridized carbons (Fsp3) is 0.316. The van der Waals surface area contributed by atoms with E-state index in [0.29, 0.717) is 17.8 Å². The van der Waals surface area contributed by atoms with E-state index in [2.05, 4.69) is 17.4 Å². The summed E-state index contributed by atoms with van der Waals surface area (Å²) in [6, 6.07) is 17.4. The summed E-state index contributed by atoms with van der Waals surface area (Å²) in [4.78, 5) is 12.4. The van der Waals surface area contributed by atoms with Gasteiger partial charge in [0, 0.05) is 36.4 Å². The van der Waals surface area contributed by atoms with Crippen LogP contribution in [0, 0.1) is 0 Å². The number of hydrogen-bond acceptors (Lipinski definition) is 3. The second-order valence-electron chi connectivity index (χ2n) is 6.07. The van der Waals surface area contributed by atoms with Crippen LogP contribution in [0.25, 0.3) is 0 Å². The molecule has 4 nitrogen and oxygen atoms in total. The highest BCUT2D eigenvalue weighted by atomic mass is 16.5. The molecule has 1 aliphatic heterocycles. The predicted octanol–water partition coefficient (Wildman–Crippen LogP) is 2.75. The van der Waals surface area contributed by atoms with Gasteiger partial charge in [-0.3, -0.25) is 4.79 Å². The minimum absolute atomic E-state index is 0.0600. The number of amides is 1. The first-order valence-electron chi connectivity index (χ1n) is 7.97. The van der Waals surface area contributed by atoms with Gasteiger partial charge in [-0.15, -0.1) is 0 Å². The number of benzene rings is 2. The van der Waals surface area contributed by atoms with Crippen LogP contribution in [-0.2, 0) is 10.2 Å². The van der Waals surface area contributed by atoms with Crippen LogP contribution < -0.4 is 11.1 Å². The molecule has 0 saturated carbocycles. The monoisotopic (exact) mass is 310 g/mol. The summed E-state index contributed by atoms with van der Waals surface area (Å²) in [5.74, 6) is -0.0842. The second kappa shape index (κ2) is 6.84. The summed E-state index contributed by atoms with van der Waals surface area (Å²) in [5, 5.41) is 3.09. The minimum atomic E-state index is -0.0842. The Morgan fingerprint density at radius 1 is 1.09 bits per heavy atom. The molecule has 0 bridgehead atoms. The highest BCUT2D eigenvalue weighted by Crippen LogP contribution is 2.34. The largest absolute Gasteiger partial charge is 0.399 e. The van der Waals surface area contributed by atoms with Crippen molar-refractivity contribution in [2.75, 3.05) is 25.5 Å². The van der Waals surface area contributed by atoms with Crippen LogP contribution in [-0.4, -0.2) is 25.7 Å². The van der Waals surface area contributed by atoms with Crippen LogP contribution in [0.5, 0.6) is 0 Å². The van der Waals surface area contributed by atoms with Crippen LogP contribution in [0.2, 0.25) is 0 Å². The maximum atomic E-state index is 12.4. The van der Waals surface area contributed by atoms with Crippen molar-refractivity contribution in [3.63, 3.8) is 0 Å². The summed E-state index contributed by atoms with van der Waals surface area (Å²) in [6.45, 7) is 2.06. The van der Waals surface area contributed by atoms with E-state index >= 15 is 0 Å². The van der Waals surface area contributed by atoms with E-state index in [4.69, 9.17) is 10.5 Å². The normalized spacial score (nSPS) is 16.7. The molecular weight excluding hydrogens is 288 g/mol. The van der Waals surface area contributed by atoms with Gasteiger partial charge < -0.3 is 15.8 Å². The minimum Gasteiger partial charge on any atom is -0.399 e. The van der Waals surface area contributed by atoms with E-state index < -0.39 is 0 Å². The Bertz CT molecular complexity index is 664. The smallest absolute Gasteiger partial charge is 0.251 e. The van der Waals surface area contributed by atoms with E-state index in [1.165, 1.54) is 5.56 Å². The SMILES string of the molecule is Nc1cccc(C(=O)NCC2(c3ccccc3)CCOCC2)c1. The van der Waals surface area contributed by atoms with Crippen molar-refractivity contribution >= 4 is 11.6 Å². The van der Waals surface area contributed by atoms with Crippen molar-refractivity contribution in [1.82, 2.24) is 5.32 Å². The molecule has 1 aliphatic rings. The first kappa shape index (κ1) is 15.6. The van der Waals surface area contributed by atoms with Gasteiger partial charge in [0.2, 0.25) is 0 Å². The summed E-state index contributed by atoms with van der Waals surface area (Å²) >= 11 is 0. The number of hydrogen-bond donors (Lipinski definition) is 2. The van der Waals surface area contributed by atoms with E-state index in [1.807, 2.05) is 18.2 Å². The van der Waals surface area contributed by atoms with Gasteiger partial charge in [0.25, 0.3) is 5.91 Å². The van der Waals surface area contributed by atoms with Crippen molar-refractivity contribution in [1.29, 1.82) is 0 Å². The molecule has 0 spiro atoms. The lowest BCUT2D eigenvalue weighted by molar-refractivity contribution is 0.0487. The Hall–Kier alpha value is -2.33. The second-order valence-corrected chi connectivity index (χ2v) is 6.07. The molecule has 0 aliphatic carbocycles. The van der Waals surface area contributed by atoms with Gasteiger partial charge in [-0.1, -0.05) is 36.4 Å². The number of anilines is 1. The van der Waals surface area contributed by atoms with Crippen LogP contribution in [0.4, 0.5) is 5.69 Å². The molecule has 2 aromatic rings. The lowest BCUT2D eigenvalue weighted by atomic mass is 9.74. The third-order valence-corrected chi connectivity index (χ3v) is 4.57. The summed E-state index contributed by atoms with van der Waals surface area (Å²) in [7, 11) is 0. The van der Waals surface area contributed by atoms with E-state index in [9.17, 15) is 4.79 Å². The quantitative estimate of drug-likeness (QED) is 0.854. The number of nitrogens with two attached hydrogens (primary N) is 1. The fourth-order valence-electron chi connectivity index (χ4n) is 3.15. The number of ether oxygens (including phenoxy) is 1. The molecule has 0 aromatic heterocycles. The average Bonchev–Trinajstić information content (AvgIpc) is 2.61. The fourth-order valence-corrected chi connectivity index (χ4v) is 3.15. The number of nitrogen functional groups attached to an aromatic ring is 1. The lowest BCUT2D eigenvalue weighted by Crippen LogP contribution is -2.44. The van der Waals surface area contributed by atoms with E-state index in [-0.39, 0.29) is 11.3 Å². The molecule has 0 unspecified atom stereocenters. The Balaban J connectivity index is 1.76. The van der Waals surface area contributed by atoms with Crippen molar-refractivity contribution < 1.29 is 9.53 Å². The third-order valence-electron chi connectivity index (χ3n) is 4.57. The number of rotatable bonds is 4. The van der Waals surface area contributed by atoms with Crippen LogP contribution in [0.3, 0.4) is 0 Å². The molecule has 0 radical (unpaired) electrons. The van der Waals surface area contributed by atoms with Gasteiger partial charge in [0.1, 0.15) is 0 Å². The zero-order chi connectivity index (χ0) is 16.1. The van der Waals surface area contributed by atoms with Crippen molar-refractivity contribution in [3.8, 4) is 0 Å². The molecule has 1 heterocycles. The third kappa shape index (κ3) is 3.54. The van der Waals surface area contributed by atoms with Gasteiger partial charge in [0.15, 0.2) is 0 Å². The van der Waals surface area contributed by atoms with Crippen LogP contribution >= 0.6 is 0 Å². The van der Waals surface area contributed by atoms with Crippen molar-refractivity contribution in [2.24, 2.45) is 0 Å². The molecule has 3 rings (SSSR count). The van der Waals surface area contributed by atoms with Crippen molar-refractivity contribution in [2.45, 2.75) is 18.3 Å². The standard InChI is InChI=1S/C19H22N2O2/c20-17-8-4-5-15(13-17)18(22)21-14-19(9-11-23-12-10-19)16-6-2-1-3-7-16/h1-8,13H,9-12,14,20H2,(H,21,22). The van der Waals surface area contributed by atoms with Gasteiger partial charge in [0.05, 0.1) is 0 Å². The maximum Gasteiger partial charge on any atom is 0.251 e. The van der Waals surface area contributed by atoms with Crippen LogP contribution in [0.15, 0.2) is 54.6 Å². The zero-order valence-electron chi connectivity index (χ0n) is 13.1. The number of carbonyl (C=O) groups excluding carboxylic acids is 1. The summed E-state index contributed by atoms with van der Waals surface area (Å²) in [6.07, 6.45) is 1.82. The summed E-state index contributed by atoms with van der Waals surface area (Å²) in [5.41, 5.74) is 8.15. The average molecular weight is 310 g/mol. The summed E-state index contributed by atoms with van der Waals surface area (Å²) < 4.78 is 5.52. The van der Waals surface area contributed by atoms with Gasteiger partial charge in [-0.05, 0) is 36.6 Å². The molecule has 120 valence electrons. The number of carbonyl (C=O) groups is 1. The molecule has 23 heavy (non-hydrogen) atoms. The van der Waals surface area contributed by atoms with Gasteiger partial charge in [-0.2, -0.15) is 0 Å². The first-order chi connectivity index (χ1) is 11.2. The molecular formula is C19H22N2O2. The molecule has 3 N–H and O–H groups in total. The molecule has 1 amide bonds. The van der Waals surface area contributed by atoms with E-state index in [0.717, 1.165) is 26.1 Å². The number of nitrogens with one attached hydrogen (secondary N) is 1. The molecule has 1 saturated heterocycles. The van der Waals surface area contributed by atoms with Crippen LogP contribution in [0.1, 0.15) is 28.8 Å². The lowest BCUT2D eigenvalue weighted by Gasteiger charge is -2.38. The van der Waals surface area contributed by atoms with Gasteiger partial charge in [-0.25, -0.2) is 0 Å². The topological polar surface area (TPSA) is 64.4 Å². The highest BCUT2D eigenvalue weighted by Gasteiger charge is 2.34. The zero-order valence-corrected chi connectivity index (χ0v) is 13.1. The van der Waals surface area contributed by atoms with E-state index in [1.54, 1.807) is 24.3 Å². The molecule has 0 atom stereocenters. The van der Waals surface area contributed by atoms with Gasteiger partial charge >= 0.3 is 0 Å². The van der Waals surface area contributed by atoms with Crippen molar-refractivity contribution in [3.05, 3.63) is 65.7 Å². The maximum absolute atomic E-state index is 12.4. The highest BCUT2D eigenvalue weighted by molar-refractivity contribution is 5.95. The Morgan fingerprint density at radius 2 is 1.83 bits per heavy atom. The molecule has 2 aromatic carbocycles. The molecule has 4 heteroatoms. The molecule has 1 fully saturated rings. The predicted molar refractivity (Wildman–Crippen MR) is 91.4 cm³/mol.